The zero-order valence-electron chi connectivity index (χ0n) is 37.2. The first kappa shape index (κ1) is 44.6. The number of aliphatic hydroxyl groups is 2. The van der Waals surface area contributed by atoms with Gasteiger partial charge in [-0.15, -0.1) is 0 Å². The van der Waals surface area contributed by atoms with Crippen molar-refractivity contribution in [2.24, 2.45) is 5.92 Å². The average Bonchev–Trinajstić information content (AvgIpc) is 3.96. The lowest BCUT2D eigenvalue weighted by Crippen LogP contribution is -2.52. The number of hydrogen-bond donors (Lipinski definition) is 3. The van der Waals surface area contributed by atoms with E-state index in [1.54, 1.807) is 16.9 Å². The molecule has 2 saturated heterocycles. The molecule has 8 rings (SSSR count). The summed E-state index contributed by atoms with van der Waals surface area (Å²) < 4.78 is 18.6. The van der Waals surface area contributed by atoms with Crippen LogP contribution in [-0.2, 0) is 37.7 Å². The van der Waals surface area contributed by atoms with E-state index in [0.717, 1.165) is 58.8 Å². The van der Waals surface area contributed by atoms with Gasteiger partial charge in [0.2, 0.25) is 11.8 Å². The highest BCUT2D eigenvalue weighted by Crippen LogP contribution is 2.60. The van der Waals surface area contributed by atoms with Gasteiger partial charge < -0.3 is 39.5 Å². The number of carbonyl (C=O) groups excluding carboxylic acids is 3. The molecule has 4 aliphatic heterocycles. The van der Waals surface area contributed by atoms with Crippen LogP contribution >= 0.6 is 0 Å². The highest BCUT2D eigenvalue weighted by atomic mass is 28.3. The second kappa shape index (κ2) is 18.6. The van der Waals surface area contributed by atoms with E-state index in [0.29, 0.717) is 38.2 Å². The van der Waals surface area contributed by atoms with E-state index in [2.05, 4.69) is 37.5 Å². The van der Waals surface area contributed by atoms with Crippen molar-refractivity contribution in [2.45, 2.75) is 101 Å². The van der Waals surface area contributed by atoms with Gasteiger partial charge in [0.1, 0.15) is 11.5 Å². The molecule has 4 aromatic carbocycles. The molecule has 3 amide bonds. The molecule has 6 atom stereocenters. The predicted octanol–water partition coefficient (Wildman–Crippen LogP) is 6.18. The van der Waals surface area contributed by atoms with E-state index in [4.69, 9.17) is 14.2 Å². The van der Waals surface area contributed by atoms with Gasteiger partial charge >= 0.3 is 0 Å². The van der Waals surface area contributed by atoms with Crippen LogP contribution in [-0.4, -0.2) is 99.1 Å². The summed E-state index contributed by atoms with van der Waals surface area (Å²) in [5, 5.41) is 24.1. The van der Waals surface area contributed by atoms with E-state index in [-0.39, 0.29) is 61.4 Å². The molecule has 0 aliphatic carbocycles. The van der Waals surface area contributed by atoms with Crippen molar-refractivity contribution < 1.29 is 38.8 Å². The molecular weight excluding hydrogens is 813 g/mol. The fourth-order valence-electron chi connectivity index (χ4n) is 11.0. The number of nitrogens with one attached hydrogen (secondary N) is 1. The van der Waals surface area contributed by atoms with Crippen LogP contribution in [0, 0.1) is 5.92 Å². The lowest BCUT2D eigenvalue weighted by molar-refractivity contribution is -0.150. The van der Waals surface area contributed by atoms with E-state index in [1.807, 2.05) is 90.7 Å². The van der Waals surface area contributed by atoms with Crippen molar-refractivity contribution in [3.05, 3.63) is 108 Å². The Morgan fingerprint density at radius 3 is 2.48 bits per heavy atom. The summed E-state index contributed by atoms with van der Waals surface area (Å²) in [5.74, 6) is 0.936. The van der Waals surface area contributed by atoms with Gasteiger partial charge in [0.25, 0.3) is 5.91 Å². The van der Waals surface area contributed by atoms with Crippen LogP contribution in [0.25, 0.3) is 0 Å². The molecule has 334 valence electrons. The summed E-state index contributed by atoms with van der Waals surface area (Å²) >= 11 is 0. The molecule has 4 heterocycles. The number of ether oxygens (including phenoxy) is 3. The molecule has 2 fully saturated rings. The van der Waals surface area contributed by atoms with Crippen molar-refractivity contribution in [3.8, 4) is 11.5 Å². The lowest BCUT2D eigenvalue weighted by Gasteiger charge is -2.37. The van der Waals surface area contributed by atoms with Crippen LogP contribution in [0.4, 0.5) is 17.1 Å². The number of carbonyl (C=O) groups is 3. The monoisotopic (exact) mass is 874 g/mol. The van der Waals surface area contributed by atoms with Gasteiger partial charge in [0.05, 0.1) is 70.9 Å². The largest absolute Gasteiger partial charge is 0.497 e. The van der Waals surface area contributed by atoms with Gasteiger partial charge in [-0.25, -0.2) is 0 Å². The first-order valence-corrected chi connectivity index (χ1v) is 25.7. The van der Waals surface area contributed by atoms with Gasteiger partial charge in [-0.05, 0) is 111 Å². The topological polar surface area (TPSA) is 141 Å². The Hall–Kier alpha value is -5.05. The van der Waals surface area contributed by atoms with Crippen LogP contribution in [0.5, 0.6) is 11.5 Å². The number of unbranched alkanes of at least 4 members (excludes halogenated alkanes) is 1. The summed E-state index contributed by atoms with van der Waals surface area (Å²) in [4.78, 5) is 49.5. The third kappa shape index (κ3) is 8.18. The minimum atomic E-state index is -2.50. The molecule has 4 aliphatic rings. The van der Waals surface area contributed by atoms with Crippen molar-refractivity contribution in [3.63, 3.8) is 0 Å². The molecule has 0 aromatic heterocycles. The Labute approximate surface area is 372 Å². The van der Waals surface area contributed by atoms with Crippen molar-refractivity contribution in [1.82, 2.24) is 10.2 Å². The fourth-order valence-corrected chi connectivity index (χ4v) is 15.0. The smallest absolute Gasteiger partial charge is 0.264 e. The Morgan fingerprint density at radius 1 is 0.952 bits per heavy atom. The van der Waals surface area contributed by atoms with Crippen LogP contribution in [0.2, 0.25) is 18.6 Å². The summed E-state index contributed by atoms with van der Waals surface area (Å²) in [6, 6.07) is 29.1. The summed E-state index contributed by atoms with van der Waals surface area (Å²) in [6.45, 7) is 10.7. The van der Waals surface area contributed by atoms with E-state index in [9.17, 15) is 19.8 Å². The van der Waals surface area contributed by atoms with Crippen LogP contribution in [0.3, 0.4) is 0 Å². The molecule has 0 bridgehead atoms. The van der Waals surface area contributed by atoms with Gasteiger partial charge in [0.15, 0.2) is 5.60 Å². The standard InChI is InChI=1S/C50H62N4O8Si/c1-6-61-39-20-23-43-35(28-39)29-42(51-24-9-10-26-55)48(58)54(43)36-14-11-13-34(27-36)31-53-44-17-8-7-16-41(44)50(49(53)59)33(2)47(63(4,5)40-21-18-38(60-3)19-22-40)45(62-50)30-46(57)52-25-12-15-37(52)32-56/h7-8,11,13-14,16-23,27-28,33,37,42,45,47,51,55-56H,6,9-10,12,15,24-26,29-32H2,1-5H3/t33-,37-,42?,45+,47-,50+/m0/s1. The minimum absolute atomic E-state index is 0.0525. The maximum atomic E-state index is 15.5. The van der Waals surface area contributed by atoms with Crippen LogP contribution in [0.15, 0.2) is 91.0 Å². The molecule has 1 spiro atoms. The normalized spacial score (nSPS) is 24.3. The highest BCUT2D eigenvalue weighted by Gasteiger charge is 2.66. The molecule has 12 nitrogen and oxygen atoms in total. The Kier molecular flexibility index (Phi) is 13.1. The summed E-state index contributed by atoms with van der Waals surface area (Å²) in [6.07, 6.45) is 3.09. The molecule has 0 radical (unpaired) electrons. The molecule has 4 aromatic rings. The number of amides is 3. The first-order valence-electron chi connectivity index (χ1n) is 22.6. The van der Waals surface area contributed by atoms with Gasteiger partial charge in [-0.1, -0.05) is 67.7 Å². The number of hydrogen-bond acceptors (Lipinski definition) is 9. The zero-order valence-corrected chi connectivity index (χ0v) is 38.2. The molecule has 63 heavy (non-hydrogen) atoms. The van der Waals surface area contributed by atoms with Gasteiger partial charge in [-0.2, -0.15) is 0 Å². The number of aliphatic hydroxyl groups excluding tert-OH is 2. The maximum absolute atomic E-state index is 15.5. The molecule has 13 heteroatoms. The molecular formula is C50H62N4O8Si. The quantitative estimate of drug-likeness (QED) is 0.0890. The van der Waals surface area contributed by atoms with E-state index < -0.39 is 25.8 Å². The van der Waals surface area contributed by atoms with E-state index >= 15 is 4.79 Å². The average molecular weight is 875 g/mol. The van der Waals surface area contributed by atoms with Crippen molar-refractivity contribution in [1.29, 1.82) is 0 Å². The van der Waals surface area contributed by atoms with Gasteiger partial charge in [-0.3, -0.25) is 19.3 Å². The Bertz CT molecular complexity index is 2310. The fraction of sp³-hybridized carbons (Fsp3) is 0.460. The zero-order chi connectivity index (χ0) is 44.5. The number of fused-ring (bicyclic) bond motifs is 3. The number of para-hydroxylation sites is 1. The van der Waals surface area contributed by atoms with E-state index in [1.165, 1.54) is 5.19 Å². The highest BCUT2D eigenvalue weighted by molar-refractivity contribution is 6.91. The number of methoxy groups -OCH3 is 1. The van der Waals surface area contributed by atoms with Crippen molar-refractivity contribution in [2.75, 3.05) is 49.8 Å². The lowest BCUT2D eigenvalue weighted by atomic mass is 9.82. The summed E-state index contributed by atoms with van der Waals surface area (Å²) in [7, 11) is -0.849. The Morgan fingerprint density at radius 2 is 1.73 bits per heavy atom. The second-order valence-electron chi connectivity index (χ2n) is 18.0. The third-order valence-electron chi connectivity index (χ3n) is 14.1. The Balaban J connectivity index is 1.13. The van der Waals surface area contributed by atoms with Crippen LogP contribution < -0.4 is 29.8 Å². The third-order valence-corrected chi connectivity index (χ3v) is 18.4. The minimum Gasteiger partial charge on any atom is -0.497 e. The predicted molar refractivity (Wildman–Crippen MR) is 247 cm³/mol. The first-order chi connectivity index (χ1) is 30.5. The number of benzene rings is 4. The summed E-state index contributed by atoms with van der Waals surface area (Å²) in [5.41, 5.74) is 3.43. The number of nitrogens with zero attached hydrogens (tertiary/aromatic N) is 3. The molecule has 1 unspecified atom stereocenters. The maximum Gasteiger partial charge on any atom is 0.264 e. The second-order valence-corrected chi connectivity index (χ2v) is 22.7. The van der Waals surface area contributed by atoms with Gasteiger partial charge in [0, 0.05) is 30.3 Å². The number of likely N-dealkylation sites (tertiary alicyclic amines) is 1. The molecule has 0 saturated carbocycles. The molecule has 3 N–H and O–H groups in total. The van der Waals surface area contributed by atoms with Crippen molar-refractivity contribution >= 4 is 48.0 Å². The number of rotatable bonds is 16. The van der Waals surface area contributed by atoms with Crippen LogP contribution in [0.1, 0.15) is 62.6 Å². The number of anilines is 3. The SMILES string of the molecule is CCOc1ccc2c(c1)CC(NCCCCO)C(=O)N2c1cccc(CN2C(=O)[C@]3(O[C@H](CC(=O)N4CCC[C@H]4CO)[C@@H]([Si](C)(C)c4ccc(OC)cc4)[C@@H]3C)c3ccccc32)c1.